The monoisotopic (exact) mass is 284 g/mol. The van der Waals surface area contributed by atoms with Gasteiger partial charge in [0.2, 0.25) is 0 Å². The first-order chi connectivity index (χ1) is 9.97. The maximum Gasteiger partial charge on any atom is 0.197 e. The highest BCUT2D eigenvalue weighted by atomic mass is 16.5. The molecule has 0 saturated heterocycles. The van der Waals surface area contributed by atoms with Gasteiger partial charge in [-0.3, -0.25) is 9.59 Å². The predicted molar refractivity (Wildman–Crippen MR) is 74.0 cm³/mol. The zero-order chi connectivity index (χ0) is 15.1. The Balaban J connectivity index is 2.20. The first-order valence-corrected chi connectivity index (χ1v) is 6.34. The lowest BCUT2D eigenvalue weighted by Gasteiger charge is -2.09. The Labute approximate surface area is 120 Å². The number of phenols is 2. The molecule has 0 unspecified atom stereocenters. The van der Waals surface area contributed by atoms with Crippen molar-refractivity contribution in [1.29, 1.82) is 0 Å². The first kappa shape index (κ1) is 13.2. The SMILES string of the molecule is CC(=O)c1cc2c(cc1O)OCc1cc(O)ccc1C2=O. The molecule has 106 valence electrons. The van der Waals surface area contributed by atoms with Crippen LogP contribution < -0.4 is 4.74 Å². The number of carbonyl (C=O) groups is 2. The highest BCUT2D eigenvalue weighted by Crippen LogP contribution is 2.34. The van der Waals surface area contributed by atoms with Gasteiger partial charge in [0.15, 0.2) is 11.6 Å². The molecule has 5 heteroatoms. The van der Waals surface area contributed by atoms with E-state index in [4.69, 9.17) is 4.74 Å². The Morgan fingerprint density at radius 3 is 2.62 bits per heavy atom. The Morgan fingerprint density at radius 1 is 1.14 bits per heavy atom. The normalized spacial score (nSPS) is 12.9. The van der Waals surface area contributed by atoms with Crippen LogP contribution in [-0.2, 0) is 6.61 Å². The summed E-state index contributed by atoms with van der Waals surface area (Å²) in [6, 6.07) is 7.03. The first-order valence-electron chi connectivity index (χ1n) is 6.34. The van der Waals surface area contributed by atoms with Gasteiger partial charge in [-0.1, -0.05) is 0 Å². The quantitative estimate of drug-likeness (QED) is 0.786. The molecule has 0 spiro atoms. The largest absolute Gasteiger partial charge is 0.508 e. The second-order valence-corrected chi connectivity index (χ2v) is 4.88. The number of fused-ring (bicyclic) bond motifs is 2. The highest BCUT2D eigenvalue weighted by Gasteiger charge is 2.25. The molecule has 0 bridgehead atoms. The highest BCUT2D eigenvalue weighted by molar-refractivity contribution is 6.13. The van der Waals surface area contributed by atoms with Crippen LogP contribution in [-0.4, -0.2) is 21.8 Å². The third-order valence-corrected chi connectivity index (χ3v) is 3.44. The van der Waals surface area contributed by atoms with Gasteiger partial charge in [0, 0.05) is 17.2 Å². The minimum absolute atomic E-state index is 0.0448. The van der Waals surface area contributed by atoms with Gasteiger partial charge in [-0.15, -0.1) is 0 Å². The van der Waals surface area contributed by atoms with E-state index in [1.54, 1.807) is 0 Å². The number of benzene rings is 2. The van der Waals surface area contributed by atoms with Crippen molar-refractivity contribution in [3.05, 3.63) is 52.6 Å². The summed E-state index contributed by atoms with van der Waals surface area (Å²) in [6.45, 7) is 1.41. The second-order valence-electron chi connectivity index (χ2n) is 4.88. The number of ether oxygens (including phenoxy) is 1. The van der Waals surface area contributed by atoms with Crippen LogP contribution in [0, 0.1) is 0 Å². The summed E-state index contributed by atoms with van der Waals surface area (Å²) < 4.78 is 5.51. The molecular formula is C16H12O5. The minimum Gasteiger partial charge on any atom is -0.508 e. The van der Waals surface area contributed by atoms with Crippen molar-refractivity contribution in [1.82, 2.24) is 0 Å². The number of aromatic hydroxyl groups is 2. The van der Waals surface area contributed by atoms with Crippen LogP contribution in [0.1, 0.15) is 38.8 Å². The summed E-state index contributed by atoms with van der Waals surface area (Å²) in [4.78, 5) is 24.1. The number of ketones is 2. The number of carbonyl (C=O) groups excluding carboxylic acids is 2. The van der Waals surface area contributed by atoms with E-state index in [2.05, 4.69) is 0 Å². The number of phenolic OH excluding ortho intramolecular Hbond substituents is 2. The van der Waals surface area contributed by atoms with E-state index in [9.17, 15) is 19.8 Å². The number of Topliss-reactive ketones (excluding diaryl/α,β-unsaturated/α-hetero) is 1. The van der Waals surface area contributed by atoms with Gasteiger partial charge >= 0.3 is 0 Å². The van der Waals surface area contributed by atoms with Crippen molar-refractivity contribution >= 4 is 11.6 Å². The van der Waals surface area contributed by atoms with Crippen LogP contribution in [0.4, 0.5) is 0 Å². The zero-order valence-corrected chi connectivity index (χ0v) is 11.2. The topological polar surface area (TPSA) is 83.8 Å². The van der Waals surface area contributed by atoms with Gasteiger partial charge < -0.3 is 14.9 Å². The van der Waals surface area contributed by atoms with Crippen LogP contribution in [0.15, 0.2) is 30.3 Å². The Morgan fingerprint density at radius 2 is 1.90 bits per heavy atom. The van der Waals surface area contributed by atoms with E-state index in [0.29, 0.717) is 11.1 Å². The third-order valence-electron chi connectivity index (χ3n) is 3.44. The molecule has 21 heavy (non-hydrogen) atoms. The van der Waals surface area contributed by atoms with Crippen LogP contribution in [0.5, 0.6) is 17.2 Å². The van der Waals surface area contributed by atoms with Crippen LogP contribution >= 0.6 is 0 Å². The second kappa shape index (κ2) is 4.63. The Bertz CT molecular complexity index is 776. The maximum atomic E-state index is 12.6. The van der Waals surface area contributed by atoms with Gasteiger partial charge in [-0.2, -0.15) is 0 Å². The number of rotatable bonds is 1. The third kappa shape index (κ3) is 2.12. The molecule has 0 atom stereocenters. The summed E-state index contributed by atoms with van der Waals surface area (Å²) >= 11 is 0. The summed E-state index contributed by atoms with van der Waals surface area (Å²) in [6.07, 6.45) is 0. The van der Waals surface area contributed by atoms with Gasteiger partial charge in [0.25, 0.3) is 0 Å². The fraction of sp³-hybridized carbons (Fsp3) is 0.125. The molecule has 3 rings (SSSR count). The molecule has 0 aliphatic carbocycles. The molecule has 1 heterocycles. The lowest BCUT2D eigenvalue weighted by Crippen LogP contribution is -2.04. The molecule has 2 N–H and O–H groups in total. The van der Waals surface area contributed by atoms with Crippen molar-refractivity contribution in [2.75, 3.05) is 0 Å². The van der Waals surface area contributed by atoms with Crippen molar-refractivity contribution < 1.29 is 24.5 Å². The summed E-state index contributed by atoms with van der Waals surface area (Å²) in [5, 5.41) is 19.3. The van der Waals surface area contributed by atoms with Crippen LogP contribution in [0.3, 0.4) is 0 Å². The average Bonchev–Trinajstić information content (AvgIpc) is 2.55. The van der Waals surface area contributed by atoms with Crippen molar-refractivity contribution in [3.63, 3.8) is 0 Å². The van der Waals surface area contributed by atoms with Gasteiger partial charge in [0.1, 0.15) is 23.9 Å². The molecule has 0 saturated carbocycles. The molecule has 0 fully saturated rings. The lowest BCUT2D eigenvalue weighted by atomic mass is 9.96. The van der Waals surface area contributed by atoms with E-state index in [0.717, 1.165) is 0 Å². The molecule has 5 nitrogen and oxygen atoms in total. The minimum atomic E-state index is -0.335. The molecule has 1 aliphatic rings. The summed E-state index contributed by atoms with van der Waals surface area (Å²) in [7, 11) is 0. The van der Waals surface area contributed by atoms with Crippen molar-refractivity contribution in [2.24, 2.45) is 0 Å². The van der Waals surface area contributed by atoms with E-state index in [-0.39, 0.29) is 46.5 Å². The molecule has 0 amide bonds. The van der Waals surface area contributed by atoms with Crippen molar-refractivity contribution in [3.8, 4) is 17.2 Å². The Hall–Kier alpha value is -2.82. The van der Waals surface area contributed by atoms with Crippen molar-refractivity contribution in [2.45, 2.75) is 13.5 Å². The molecule has 0 radical (unpaired) electrons. The van der Waals surface area contributed by atoms with Gasteiger partial charge in [-0.05, 0) is 31.2 Å². The fourth-order valence-electron chi connectivity index (χ4n) is 2.37. The molecule has 0 aromatic heterocycles. The number of hydrogen-bond acceptors (Lipinski definition) is 5. The van der Waals surface area contributed by atoms with E-state index >= 15 is 0 Å². The van der Waals surface area contributed by atoms with Crippen LogP contribution in [0.25, 0.3) is 0 Å². The van der Waals surface area contributed by atoms with Gasteiger partial charge in [-0.25, -0.2) is 0 Å². The molecule has 1 aliphatic heterocycles. The van der Waals surface area contributed by atoms with E-state index in [1.165, 1.54) is 37.3 Å². The molecule has 2 aromatic carbocycles. The van der Waals surface area contributed by atoms with Gasteiger partial charge in [0.05, 0.1) is 11.1 Å². The predicted octanol–water partition coefficient (Wildman–Crippen LogP) is 2.42. The Kier molecular flexibility index (Phi) is 2.90. The molecular weight excluding hydrogens is 272 g/mol. The standard InChI is InChI=1S/C16H12O5/c1-8(17)12-5-13-15(6-14(12)19)21-7-9-4-10(18)2-3-11(9)16(13)20/h2-6,18-19H,7H2,1H3. The van der Waals surface area contributed by atoms with Crippen LogP contribution in [0.2, 0.25) is 0 Å². The average molecular weight is 284 g/mol. The lowest BCUT2D eigenvalue weighted by molar-refractivity contribution is 0.101. The van der Waals surface area contributed by atoms with E-state index < -0.39 is 0 Å². The summed E-state index contributed by atoms with van der Waals surface area (Å²) in [5.74, 6) is -0.595. The van der Waals surface area contributed by atoms with E-state index in [1.807, 2.05) is 0 Å². The smallest absolute Gasteiger partial charge is 0.197 e. The molecule has 2 aromatic rings. The zero-order valence-electron chi connectivity index (χ0n) is 11.2. The number of hydrogen-bond donors (Lipinski definition) is 2. The maximum absolute atomic E-state index is 12.6. The summed E-state index contributed by atoms with van der Waals surface area (Å²) in [5.41, 5.74) is 1.27. The fourth-order valence-corrected chi connectivity index (χ4v) is 2.37.